The zero-order valence-electron chi connectivity index (χ0n) is 14.5. The predicted molar refractivity (Wildman–Crippen MR) is 102 cm³/mol. The maximum absolute atomic E-state index is 12.1. The molecule has 1 fully saturated rings. The van der Waals surface area contributed by atoms with Crippen molar-refractivity contribution in [1.29, 1.82) is 0 Å². The van der Waals surface area contributed by atoms with Crippen molar-refractivity contribution >= 4 is 28.2 Å². The quantitative estimate of drug-likeness (QED) is 0.523. The number of ether oxygens (including phenoxy) is 3. The third kappa shape index (κ3) is 4.77. The number of carbonyl (C=O) groups is 1. The lowest BCUT2D eigenvalue weighted by molar-refractivity contribution is -0.0537. The normalized spacial score (nSPS) is 21.7. The lowest BCUT2D eigenvalue weighted by atomic mass is 10.2. The van der Waals surface area contributed by atoms with Crippen molar-refractivity contribution in [2.24, 2.45) is 0 Å². The number of para-hydroxylation sites is 1. The van der Waals surface area contributed by atoms with E-state index in [1.165, 1.54) is 21.8 Å². The first-order valence-corrected chi connectivity index (χ1v) is 9.25. The van der Waals surface area contributed by atoms with E-state index >= 15 is 0 Å². The summed E-state index contributed by atoms with van der Waals surface area (Å²) >= 11 is 3.07. The summed E-state index contributed by atoms with van der Waals surface area (Å²) in [6, 6.07) is 8.38. The van der Waals surface area contributed by atoms with Crippen molar-refractivity contribution < 1.29 is 24.1 Å². The van der Waals surface area contributed by atoms with Crippen LogP contribution in [0, 0.1) is 0 Å². The van der Waals surface area contributed by atoms with Gasteiger partial charge in [-0.05, 0) is 23.2 Å². The molecule has 2 N–H and O–H groups in total. The van der Waals surface area contributed by atoms with Crippen molar-refractivity contribution in [2.75, 3.05) is 6.61 Å². The van der Waals surface area contributed by atoms with Gasteiger partial charge in [-0.15, -0.1) is 0 Å². The Kier molecular flexibility index (Phi) is 6.45. The van der Waals surface area contributed by atoms with Gasteiger partial charge in [0, 0.05) is 12.6 Å². The Bertz CT molecular complexity index is 970. The molecule has 148 valence electrons. The number of aromatic amines is 1. The number of carbonyl (C=O) groups excluding carboxylic acids is 1. The average molecular weight is 453 g/mol. The third-order valence-corrected chi connectivity index (χ3v) is 4.33. The van der Waals surface area contributed by atoms with E-state index in [-0.39, 0.29) is 18.6 Å². The molecule has 3 atom stereocenters. The van der Waals surface area contributed by atoms with Gasteiger partial charge < -0.3 is 19.3 Å². The molecule has 1 aliphatic rings. The van der Waals surface area contributed by atoms with Crippen LogP contribution in [0.2, 0.25) is 0 Å². The Hall–Kier alpha value is -2.69. The maximum Gasteiger partial charge on any atom is 0.513 e. The number of rotatable bonds is 5. The summed E-state index contributed by atoms with van der Waals surface area (Å²) in [6.07, 6.45) is -0.669. The van der Waals surface area contributed by atoms with E-state index in [1.807, 2.05) is 0 Å². The van der Waals surface area contributed by atoms with Gasteiger partial charge in [0.1, 0.15) is 24.7 Å². The van der Waals surface area contributed by atoms with E-state index in [0.717, 1.165) is 0 Å². The van der Waals surface area contributed by atoms with Crippen molar-refractivity contribution in [2.45, 2.75) is 24.9 Å². The van der Waals surface area contributed by atoms with E-state index < -0.39 is 35.8 Å². The van der Waals surface area contributed by atoms with Crippen LogP contribution < -0.4 is 16.0 Å². The minimum atomic E-state index is -0.969. The van der Waals surface area contributed by atoms with E-state index in [2.05, 4.69) is 20.9 Å². The van der Waals surface area contributed by atoms with Gasteiger partial charge in [-0.2, -0.15) is 0 Å². The Morgan fingerprint density at radius 2 is 2.11 bits per heavy atom. The number of hydrogen-bond acceptors (Lipinski definition) is 7. The molecule has 10 heteroatoms. The number of hydrogen-bond donors (Lipinski definition) is 2. The van der Waals surface area contributed by atoms with E-state index in [9.17, 15) is 19.5 Å². The van der Waals surface area contributed by atoms with Gasteiger partial charge in [0.25, 0.3) is 5.56 Å². The number of aromatic nitrogens is 2. The minimum absolute atomic E-state index is 0.0885. The van der Waals surface area contributed by atoms with Crippen molar-refractivity contribution in [3.63, 3.8) is 0 Å². The largest absolute Gasteiger partial charge is 0.513 e. The van der Waals surface area contributed by atoms with Gasteiger partial charge in [-0.25, -0.2) is 9.59 Å². The van der Waals surface area contributed by atoms with Crippen LogP contribution in [-0.4, -0.2) is 39.6 Å². The fourth-order valence-corrected chi connectivity index (χ4v) is 2.99. The highest BCUT2D eigenvalue weighted by Crippen LogP contribution is 2.28. The summed E-state index contributed by atoms with van der Waals surface area (Å²) in [4.78, 5) is 39.2. The highest BCUT2D eigenvalue weighted by Gasteiger charge is 2.36. The van der Waals surface area contributed by atoms with Gasteiger partial charge in [0.2, 0.25) is 0 Å². The SMILES string of the molecule is O=C(OC[C@@H]1O[C@H](n2cc(C=CBr)c(=O)[nH]c2=O)CC1O)Oc1ccccc1. The van der Waals surface area contributed by atoms with Gasteiger partial charge >= 0.3 is 11.8 Å². The smallest absolute Gasteiger partial charge is 0.431 e. The molecule has 0 saturated carbocycles. The third-order valence-electron chi connectivity index (χ3n) is 4.06. The Morgan fingerprint density at radius 1 is 1.36 bits per heavy atom. The molecule has 2 heterocycles. The molecule has 0 radical (unpaired) electrons. The van der Waals surface area contributed by atoms with Crippen LogP contribution in [0.15, 0.2) is 51.1 Å². The summed E-state index contributed by atoms with van der Waals surface area (Å²) in [5.74, 6) is 0.324. The number of halogens is 1. The molecule has 0 spiro atoms. The molecule has 0 amide bonds. The zero-order chi connectivity index (χ0) is 20.1. The van der Waals surface area contributed by atoms with Crippen LogP contribution in [0.3, 0.4) is 0 Å². The fourth-order valence-electron chi connectivity index (χ4n) is 2.70. The van der Waals surface area contributed by atoms with E-state index in [4.69, 9.17) is 14.2 Å². The summed E-state index contributed by atoms with van der Waals surface area (Å²) in [5.41, 5.74) is -0.973. The Morgan fingerprint density at radius 3 is 2.82 bits per heavy atom. The Balaban J connectivity index is 1.63. The second-order valence-corrected chi connectivity index (χ2v) is 6.48. The molecule has 9 nitrogen and oxygen atoms in total. The first kappa shape index (κ1) is 20.1. The molecule has 28 heavy (non-hydrogen) atoms. The minimum Gasteiger partial charge on any atom is -0.431 e. The number of nitrogens with one attached hydrogen (secondary N) is 1. The number of aliphatic hydroxyl groups is 1. The first-order valence-electron chi connectivity index (χ1n) is 8.33. The van der Waals surface area contributed by atoms with Crippen LogP contribution in [0.5, 0.6) is 5.75 Å². The van der Waals surface area contributed by atoms with Crippen molar-refractivity contribution in [1.82, 2.24) is 9.55 Å². The molecule has 1 unspecified atom stereocenters. The number of H-pyrrole nitrogens is 1. The molecule has 1 aliphatic heterocycles. The zero-order valence-corrected chi connectivity index (χ0v) is 16.1. The Labute approximate surface area is 167 Å². The molecule has 0 bridgehead atoms. The maximum atomic E-state index is 12.1. The van der Waals surface area contributed by atoms with Crippen molar-refractivity contribution in [3.05, 3.63) is 67.9 Å². The van der Waals surface area contributed by atoms with E-state index in [1.54, 1.807) is 30.3 Å². The first-order chi connectivity index (χ1) is 13.5. The van der Waals surface area contributed by atoms with Crippen LogP contribution in [0.1, 0.15) is 18.2 Å². The molecule has 0 aliphatic carbocycles. The number of aliphatic hydroxyl groups excluding tert-OH is 1. The number of nitrogens with zero attached hydrogens (tertiary/aromatic N) is 1. The highest BCUT2D eigenvalue weighted by atomic mass is 79.9. The molecule has 1 aromatic carbocycles. The molecule has 1 saturated heterocycles. The van der Waals surface area contributed by atoms with Gasteiger partial charge in [-0.1, -0.05) is 34.1 Å². The lowest BCUT2D eigenvalue weighted by Crippen LogP contribution is -2.33. The lowest BCUT2D eigenvalue weighted by Gasteiger charge is -2.16. The predicted octanol–water partition coefficient (Wildman–Crippen LogP) is 1.77. The summed E-state index contributed by atoms with van der Waals surface area (Å²) in [6.45, 7) is -0.254. The van der Waals surface area contributed by atoms with E-state index in [0.29, 0.717) is 5.75 Å². The standard InChI is InChI=1S/C18H17BrN2O7/c19-7-6-11-9-21(17(24)20-16(11)23)15-8-13(22)14(28-15)10-26-18(25)27-12-4-2-1-3-5-12/h1-7,9,13-15,22H,8,10H2,(H,20,23,24)/t13?,14-,15-/m0/s1. The molecular formula is C18H17BrN2O7. The molecule has 3 rings (SSSR count). The topological polar surface area (TPSA) is 120 Å². The second kappa shape index (κ2) is 9.00. The summed E-state index contributed by atoms with van der Waals surface area (Å²) in [7, 11) is 0. The summed E-state index contributed by atoms with van der Waals surface area (Å²) in [5, 5.41) is 10.2. The van der Waals surface area contributed by atoms with Gasteiger partial charge in [0.15, 0.2) is 0 Å². The molecule has 2 aromatic rings. The fraction of sp³-hybridized carbons (Fsp3) is 0.278. The second-order valence-electron chi connectivity index (χ2n) is 5.95. The monoisotopic (exact) mass is 452 g/mol. The molecule has 1 aromatic heterocycles. The van der Waals surface area contributed by atoms with Crippen LogP contribution >= 0.6 is 15.9 Å². The van der Waals surface area contributed by atoms with Crippen LogP contribution in [0.4, 0.5) is 4.79 Å². The van der Waals surface area contributed by atoms with Crippen molar-refractivity contribution in [3.8, 4) is 5.75 Å². The van der Waals surface area contributed by atoms with Crippen LogP contribution in [0.25, 0.3) is 6.08 Å². The van der Waals surface area contributed by atoms with Gasteiger partial charge in [0.05, 0.1) is 11.7 Å². The summed E-state index contributed by atoms with van der Waals surface area (Å²) < 4.78 is 16.8. The number of benzene rings is 1. The highest BCUT2D eigenvalue weighted by molar-refractivity contribution is 9.11. The molecular weight excluding hydrogens is 436 g/mol. The van der Waals surface area contributed by atoms with Crippen LogP contribution in [-0.2, 0) is 9.47 Å². The van der Waals surface area contributed by atoms with Gasteiger partial charge in [-0.3, -0.25) is 14.3 Å². The average Bonchev–Trinajstić information content (AvgIpc) is 3.03.